The van der Waals surface area contributed by atoms with Gasteiger partial charge in [0.1, 0.15) is 17.4 Å². The number of ether oxygens (including phenoxy) is 1. The van der Waals surface area contributed by atoms with Gasteiger partial charge in [0.25, 0.3) is 5.91 Å². The average Bonchev–Trinajstić information content (AvgIpc) is 2.98. The van der Waals surface area contributed by atoms with Crippen molar-refractivity contribution in [1.29, 1.82) is 0 Å². The van der Waals surface area contributed by atoms with Crippen molar-refractivity contribution in [3.63, 3.8) is 0 Å². The van der Waals surface area contributed by atoms with E-state index >= 15 is 0 Å². The maximum atomic E-state index is 13.1. The summed E-state index contributed by atoms with van der Waals surface area (Å²) in [4.78, 5) is 24.3. The highest BCUT2D eigenvalue weighted by Gasteiger charge is 2.28. The summed E-state index contributed by atoms with van der Waals surface area (Å²) in [6.45, 7) is 6.49. The Morgan fingerprint density at radius 1 is 1.12 bits per heavy atom. The second-order valence-electron chi connectivity index (χ2n) is 7.22. The number of aromatic nitrogens is 2. The number of anilines is 1. The molecule has 2 aliphatic rings. The van der Waals surface area contributed by atoms with Gasteiger partial charge in [0.15, 0.2) is 0 Å². The predicted octanol–water partition coefficient (Wildman–Crippen LogP) is 2.74. The third-order valence-electron chi connectivity index (χ3n) is 5.30. The molecule has 3 heterocycles. The number of aryl methyl sites for hydroxylation is 2. The topological polar surface area (TPSA) is 80.5 Å². The molecule has 1 aliphatic heterocycles. The van der Waals surface area contributed by atoms with Gasteiger partial charge in [0.2, 0.25) is 5.71 Å². The van der Waals surface area contributed by atoms with Gasteiger partial charge in [-0.15, -0.1) is 0 Å². The van der Waals surface area contributed by atoms with Gasteiger partial charge in [-0.3, -0.25) is 4.79 Å². The van der Waals surface area contributed by atoms with Crippen molar-refractivity contribution < 1.29 is 13.9 Å². The van der Waals surface area contributed by atoms with Gasteiger partial charge < -0.3 is 19.4 Å². The van der Waals surface area contributed by atoms with E-state index in [9.17, 15) is 4.79 Å². The van der Waals surface area contributed by atoms with Crippen LogP contribution in [0.2, 0.25) is 0 Å². The van der Waals surface area contributed by atoms with E-state index in [1.807, 2.05) is 13.8 Å². The van der Waals surface area contributed by atoms with E-state index in [-0.39, 0.29) is 11.9 Å². The molecule has 0 bridgehead atoms. The van der Waals surface area contributed by atoms with Crippen LogP contribution in [0.3, 0.4) is 0 Å². The lowest BCUT2D eigenvalue weighted by Gasteiger charge is -2.28. The molecule has 0 atom stereocenters. The van der Waals surface area contributed by atoms with Crippen molar-refractivity contribution in [3.8, 4) is 0 Å². The number of carbonyl (C=O) groups is 1. The first-order valence-corrected chi connectivity index (χ1v) is 9.55. The molecule has 0 unspecified atom stereocenters. The summed E-state index contributed by atoms with van der Waals surface area (Å²) in [6, 6.07) is 0.249. The molecule has 0 radical (unpaired) electrons. The molecule has 2 aromatic rings. The first kappa shape index (κ1) is 17.3. The molecule has 7 nitrogen and oxygen atoms in total. The fraction of sp³-hybridized carbons (Fsp3) is 0.632. The van der Waals surface area contributed by atoms with Gasteiger partial charge in [-0.2, -0.15) is 4.98 Å². The average molecular weight is 358 g/mol. The van der Waals surface area contributed by atoms with Gasteiger partial charge >= 0.3 is 0 Å². The molecule has 1 N–H and O–H groups in total. The van der Waals surface area contributed by atoms with E-state index in [1.165, 1.54) is 19.3 Å². The molecule has 140 valence electrons. The summed E-state index contributed by atoms with van der Waals surface area (Å²) in [6.07, 6.45) is 5.71. The van der Waals surface area contributed by atoms with Crippen LogP contribution in [0.5, 0.6) is 0 Å². The van der Waals surface area contributed by atoms with E-state index in [1.54, 1.807) is 0 Å². The summed E-state index contributed by atoms with van der Waals surface area (Å²) in [7, 11) is 0. The number of hydrogen-bond acceptors (Lipinski definition) is 6. The minimum Gasteiger partial charge on any atom is -0.442 e. The number of rotatable bonds is 3. The molecule has 1 aliphatic carbocycles. The molecule has 7 heteroatoms. The highest BCUT2D eigenvalue weighted by atomic mass is 16.5. The monoisotopic (exact) mass is 358 g/mol. The summed E-state index contributed by atoms with van der Waals surface area (Å²) in [5.41, 5.74) is 1.07. The number of hydrogen-bond donors (Lipinski definition) is 1. The smallest absolute Gasteiger partial charge is 0.255 e. The summed E-state index contributed by atoms with van der Waals surface area (Å²) >= 11 is 0. The van der Waals surface area contributed by atoms with Crippen molar-refractivity contribution in [2.45, 2.75) is 52.0 Å². The first-order valence-electron chi connectivity index (χ1n) is 9.55. The molecule has 1 saturated carbocycles. The zero-order valence-corrected chi connectivity index (χ0v) is 15.5. The van der Waals surface area contributed by atoms with Crippen molar-refractivity contribution in [2.75, 3.05) is 31.2 Å². The van der Waals surface area contributed by atoms with E-state index < -0.39 is 0 Å². The van der Waals surface area contributed by atoms with Crippen LogP contribution in [0.1, 0.15) is 54.0 Å². The van der Waals surface area contributed by atoms with Crippen LogP contribution in [0.25, 0.3) is 11.1 Å². The summed E-state index contributed by atoms with van der Waals surface area (Å²) in [5, 5.41) is 3.93. The number of furan rings is 1. The maximum absolute atomic E-state index is 13.1. The minimum atomic E-state index is -0.0740. The lowest BCUT2D eigenvalue weighted by molar-refractivity contribution is 0.0927. The van der Waals surface area contributed by atoms with Gasteiger partial charge in [-0.1, -0.05) is 19.3 Å². The minimum absolute atomic E-state index is 0.0740. The number of morpholine rings is 1. The Labute approximate surface area is 153 Å². The first-order chi connectivity index (χ1) is 12.6. The molecule has 1 amide bonds. The zero-order chi connectivity index (χ0) is 18.1. The molecular weight excluding hydrogens is 332 g/mol. The normalized spacial score (nSPS) is 19.1. The highest BCUT2D eigenvalue weighted by Crippen LogP contribution is 2.32. The molecule has 2 fully saturated rings. The number of fused-ring (bicyclic) bond motifs is 1. The molecule has 1 saturated heterocycles. The van der Waals surface area contributed by atoms with E-state index in [0.717, 1.165) is 37.1 Å². The fourth-order valence-electron chi connectivity index (χ4n) is 3.98. The Bertz CT molecular complexity index is 805. The molecule has 2 aromatic heterocycles. The lowest BCUT2D eigenvalue weighted by atomic mass is 9.95. The largest absolute Gasteiger partial charge is 0.442 e. The van der Waals surface area contributed by atoms with Crippen LogP contribution >= 0.6 is 0 Å². The van der Waals surface area contributed by atoms with Crippen LogP contribution in [0, 0.1) is 13.8 Å². The zero-order valence-electron chi connectivity index (χ0n) is 15.5. The van der Waals surface area contributed by atoms with Crippen molar-refractivity contribution >= 4 is 22.8 Å². The SMILES string of the molecule is Cc1nc(N2CCOCC2)c2c(C(=O)NC3CCCCC3)c(C)oc2n1. The standard InChI is InChI=1S/C19H26N4O3/c1-12-15(18(24)22-14-6-4-3-5-7-14)16-17(23-8-10-25-11-9-23)20-13(2)21-19(16)26-12/h14H,3-11H2,1-2H3,(H,22,24). The molecule has 4 rings (SSSR count). The quantitative estimate of drug-likeness (QED) is 0.909. The second kappa shape index (κ2) is 7.23. The molecule has 0 spiro atoms. The van der Waals surface area contributed by atoms with E-state index in [0.29, 0.717) is 36.1 Å². The Balaban J connectivity index is 1.73. The summed E-state index contributed by atoms with van der Waals surface area (Å²) < 4.78 is 11.3. The van der Waals surface area contributed by atoms with Gasteiger partial charge in [0, 0.05) is 19.1 Å². The van der Waals surface area contributed by atoms with Crippen LogP contribution in [0.4, 0.5) is 5.82 Å². The number of nitrogens with one attached hydrogen (secondary N) is 1. The van der Waals surface area contributed by atoms with Crippen molar-refractivity contribution in [1.82, 2.24) is 15.3 Å². The summed E-state index contributed by atoms with van der Waals surface area (Å²) in [5.74, 6) is 1.95. The Kier molecular flexibility index (Phi) is 4.80. The van der Waals surface area contributed by atoms with Crippen LogP contribution < -0.4 is 10.2 Å². The van der Waals surface area contributed by atoms with Gasteiger partial charge in [-0.25, -0.2) is 4.98 Å². The van der Waals surface area contributed by atoms with E-state index in [2.05, 4.69) is 20.2 Å². The molecule has 0 aromatic carbocycles. The van der Waals surface area contributed by atoms with Gasteiger partial charge in [-0.05, 0) is 26.7 Å². The third kappa shape index (κ3) is 3.28. The Hall–Kier alpha value is -2.15. The van der Waals surface area contributed by atoms with Crippen molar-refractivity contribution in [3.05, 3.63) is 17.1 Å². The third-order valence-corrected chi connectivity index (χ3v) is 5.30. The molecule has 26 heavy (non-hydrogen) atoms. The maximum Gasteiger partial charge on any atom is 0.255 e. The number of carbonyl (C=O) groups excluding carboxylic acids is 1. The number of amides is 1. The van der Waals surface area contributed by atoms with Crippen LogP contribution in [-0.2, 0) is 4.74 Å². The molecular formula is C19H26N4O3. The second-order valence-corrected chi connectivity index (χ2v) is 7.22. The van der Waals surface area contributed by atoms with Crippen LogP contribution in [-0.4, -0.2) is 48.2 Å². The van der Waals surface area contributed by atoms with Crippen molar-refractivity contribution in [2.24, 2.45) is 0 Å². The lowest BCUT2D eigenvalue weighted by Crippen LogP contribution is -2.38. The van der Waals surface area contributed by atoms with Crippen LogP contribution in [0.15, 0.2) is 4.42 Å². The highest BCUT2D eigenvalue weighted by molar-refractivity contribution is 6.10. The number of nitrogens with zero attached hydrogens (tertiary/aromatic N) is 3. The van der Waals surface area contributed by atoms with Gasteiger partial charge in [0.05, 0.1) is 24.2 Å². The predicted molar refractivity (Wildman–Crippen MR) is 98.6 cm³/mol. The Morgan fingerprint density at radius 2 is 1.85 bits per heavy atom. The Morgan fingerprint density at radius 3 is 2.58 bits per heavy atom. The fourth-order valence-corrected chi connectivity index (χ4v) is 3.98. The van der Waals surface area contributed by atoms with E-state index in [4.69, 9.17) is 9.15 Å².